The fraction of sp³-hybridized carbons (Fsp3) is 0.357. The number of likely N-dealkylation sites (tertiary alicyclic amines) is 1. The Bertz CT molecular complexity index is 1130. The van der Waals surface area contributed by atoms with Crippen molar-refractivity contribution >= 4 is 11.8 Å². The van der Waals surface area contributed by atoms with E-state index in [9.17, 15) is 9.59 Å². The van der Waals surface area contributed by atoms with Gasteiger partial charge in [0.1, 0.15) is 23.9 Å². The van der Waals surface area contributed by atoms with E-state index in [0.717, 1.165) is 16.9 Å². The van der Waals surface area contributed by atoms with Crippen LogP contribution in [0.5, 0.6) is 11.5 Å². The van der Waals surface area contributed by atoms with E-state index < -0.39 is 0 Å². The van der Waals surface area contributed by atoms with Crippen LogP contribution in [0.3, 0.4) is 0 Å². The summed E-state index contributed by atoms with van der Waals surface area (Å²) in [7, 11) is 3.11. The van der Waals surface area contributed by atoms with Crippen LogP contribution in [0.2, 0.25) is 0 Å². The summed E-state index contributed by atoms with van der Waals surface area (Å²) in [5.41, 5.74) is 2.57. The quantitative estimate of drug-likeness (QED) is 0.457. The Balaban J connectivity index is 1.23. The molecule has 8 heteroatoms. The molecule has 0 unspecified atom stereocenters. The van der Waals surface area contributed by atoms with Crippen molar-refractivity contribution in [2.24, 2.45) is 5.92 Å². The van der Waals surface area contributed by atoms with E-state index in [1.165, 1.54) is 0 Å². The van der Waals surface area contributed by atoms with Crippen molar-refractivity contribution in [3.63, 3.8) is 0 Å². The summed E-state index contributed by atoms with van der Waals surface area (Å²) < 4.78 is 21.5. The standard InChI is InChI=1S/C28H32N2O6/c1-33-25-14-23(15-26(16-25)34-2)28(32)30-10-8-22(9-11-30)27(31)29-17-20-5-3-6-21(13-20)18-35-19-24-7-4-12-36-24/h3-7,12-16,22H,8-11,17-19H2,1-2H3,(H,29,31). The molecular formula is C28H32N2O6. The maximum absolute atomic E-state index is 13.0. The van der Waals surface area contributed by atoms with E-state index >= 15 is 0 Å². The predicted octanol–water partition coefficient (Wildman–Crippen LogP) is 4.18. The number of nitrogens with one attached hydrogen (secondary N) is 1. The zero-order chi connectivity index (χ0) is 25.3. The van der Waals surface area contributed by atoms with Gasteiger partial charge in [0.25, 0.3) is 5.91 Å². The molecule has 2 amide bonds. The lowest BCUT2D eigenvalue weighted by atomic mass is 9.95. The molecule has 1 aromatic heterocycles. The molecule has 8 nitrogen and oxygen atoms in total. The third-order valence-electron chi connectivity index (χ3n) is 6.30. The third kappa shape index (κ3) is 6.66. The summed E-state index contributed by atoms with van der Waals surface area (Å²) in [5.74, 6) is 1.74. The normalized spacial score (nSPS) is 13.9. The molecule has 36 heavy (non-hydrogen) atoms. The van der Waals surface area contributed by atoms with E-state index in [4.69, 9.17) is 18.6 Å². The van der Waals surface area contributed by atoms with Crippen LogP contribution >= 0.6 is 0 Å². The number of benzene rings is 2. The Hall–Kier alpha value is -3.78. The fourth-order valence-electron chi connectivity index (χ4n) is 4.29. The van der Waals surface area contributed by atoms with Crippen LogP contribution in [0.25, 0.3) is 0 Å². The van der Waals surface area contributed by atoms with Crippen LogP contribution in [-0.4, -0.2) is 44.0 Å². The third-order valence-corrected chi connectivity index (χ3v) is 6.30. The molecule has 1 saturated heterocycles. The molecule has 1 N–H and O–H groups in total. The SMILES string of the molecule is COc1cc(OC)cc(C(=O)N2CCC(C(=O)NCc3cccc(COCc4ccco4)c3)CC2)c1. The van der Waals surface area contributed by atoms with Crippen molar-refractivity contribution in [1.29, 1.82) is 0 Å². The number of piperidine rings is 1. The highest BCUT2D eigenvalue weighted by molar-refractivity contribution is 5.95. The predicted molar refractivity (Wildman–Crippen MR) is 134 cm³/mol. The molecular weight excluding hydrogens is 460 g/mol. The number of hydrogen-bond donors (Lipinski definition) is 1. The minimum Gasteiger partial charge on any atom is -0.497 e. The van der Waals surface area contributed by atoms with Gasteiger partial charge in [-0.2, -0.15) is 0 Å². The van der Waals surface area contributed by atoms with Crippen LogP contribution in [-0.2, 0) is 29.3 Å². The maximum atomic E-state index is 13.0. The zero-order valence-corrected chi connectivity index (χ0v) is 20.7. The average molecular weight is 493 g/mol. The molecule has 0 atom stereocenters. The lowest BCUT2D eigenvalue weighted by molar-refractivity contribution is -0.126. The summed E-state index contributed by atoms with van der Waals surface area (Å²) in [6.07, 6.45) is 2.88. The molecule has 1 fully saturated rings. The van der Waals surface area contributed by atoms with Gasteiger partial charge in [-0.05, 0) is 48.2 Å². The molecule has 0 spiro atoms. The highest BCUT2D eigenvalue weighted by Crippen LogP contribution is 2.25. The zero-order valence-electron chi connectivity index (χ0n) is 20.7. The minimum absolute atomic E-state index is 0.0182. The van der Waals surface area contributed by atoms with Crippen molar-refractivity contribution in [3.8, 4) is 11.5 Å². The number of rotatable bonds is 10. The second-order valence-corrected chi connectivity index (χ2v) is 8.78. The van der Waals surface area contributed by atoms with E-state index in [-0.39, 0.29) is 17.7 Å². The van der Waals surface area contributed by atoms with Gasteiger partial charge in [-0.25, -0.2) is 0 Å². The molecule has 3 aromatic rings. The topological polar surface area (TPSA) is 90.2 Å². The van der Waals surface area contributed by atoms with Gasteiger partial charge in [-0.1, -0.05) is 24.3 Å². The Kier molecular flexibility index (Phi) is 8.62. The molecule has 1 aliphatic heterocycles. The average Bonchev–Trinajstić information content (AvgIpc) is 3.45. The molecule has 0 radical (unpaired) electrons. The van der Waals surface area contributed by atoms with E-state index in [2.05, 4.69) is 5.32 Å². The summed E-state index contributed by atoms with van der Waals surface area (Å²) in [6.45, 7) is 2.39. The van der Waals surface area contributed by atoms with Crippen molar-refractivity contribution in [3.05, 3.63) is 83.3 Å². The number of carbonyl (C=O) groups is 2. The summed E-state index contributed by atoms with van der Waals surface area (Å²) >= 11 is 0. The molecule has 1 aliphatic rings. The minimum atomic E-state index is -0.117. The lowest BCUT2D eigenvalue weighted by Crippen LogP contribution is -2.42. The molecule has 0 bridgehead atoms. The first kappa shape index (κ1) is 25.3. The maximum Gasteiger partial charge on any atom is 0.254 e. The van der Waals surface area contributed by atoms with E-state index in [0.29, 0.717) is 62.8 Å². The Morgan fingerprint density at radius 3 is 2.33 bits per heavy atom. The second kappa shape index (κ2) is 12.3. The highest BCUT2D eigenvalue weighted by atomic mass is 16.5. The molecule has 0 aliphatic carbocycles. The van der Waals surface area contributed by atoms with Gasteiger partial charge < -0.3 is 28.8 Å². The van der Waals surface area contributed by atoms with Gasteiger partial charge in [0, 0.05) is 37.2 Å². The summed E-state index contributed by atoms with van der Waals surface area (Å²) in [6, 6.07) is 16.8. The Morgan fingerprint density at radius 1 is 0.944 bits per heavy atom. The second-order valence-electron chi connectivity index (χ2n) is 8.78. The number of nitrogens with zero attached hydrogens (tertiary/aromatic N) is 1. The first-order valence-electron chi connectivity index (χ1n) is 12.0. The van der Waals surface area contributed by atoms with E-state index in [1.54, 1.807) is 43.6 Å². The number of hydrogen-bond acceptors (Lipinski definition) is 6. The molecule has 190 valence electrons. The summed E-state index contributed by atoms with van der Waals surface area (Å²) in [4.78, 5) is 27.6. The largest absolute Gasteiger partial charge is 0.497 e. The van der Waals surface area contributed by atoms with Crippen LogP contribution in [0.15, 0.2) is 65.3 Å². The van der Waals surface area contributed by atoms with Crippen molar-refractivity contribution < 1.29 is 28.2 Å². The van der Waals surface area contributed by atoms with Gasteiger partial charge in [0.15, 0.2) is 0 Å². The van der Waals surface area contributed by atoms with Crippen molar-refractivity contribution in [2.75, 3.05) is 27.3 Å². The highest BCUT2D eigenvalue weighted by Gasteiger charge is 2.28. The monoisotopic (exact) mass is 492 g/mol. The fourth-order valence-corrected chi connectivity index (χ4v) is 4.29. The molecule has 0 saturated carbocycles. The molecule has 2 heterocycles. The van der Waals surface area contributed by atoms with Gasteiger partial charge in [-0.3, -0.25) is 9.59 Å². The smallest absolute Gasteiger partial charge is 0.254 e. The number of ether oxygens (including phenoxy) is 3. The van der Waals surface area contributed by atoms with Gasteiger partial charge in [-0.15, -0.1) is 0 Å². The van der Waals surface area contributed by atoms with Gasteiger partial charge in [0.2, 0.25) is 5.91 Å². The first-order valence-corrected chi connectivity index (χ1v) is 12.0. The lowest BCUT2D eigenvalue weighted by Gasteiger charge is -2.31. The van der Waals surface area contributed by atoms with Crippen LogP contribution < -0.4 is 14.8 Å². The van der Waals surface area contributed by atoms with Crippen LogP contribution in [0.1, 0.15) is 40.1 Å². The number of furan rings is 1. The Morgan fingerprint density at radius 2 is 1.67 bits per heavy atom. The molecule has 4 rings (SSSR count). The van der Waals surface area contributed by atoms with Crippen LogP contribution in [0.4, 0.5) is 0 Å². The number of methoxy groups -OCH3 is 2. The van der Waals surface area contributed by atoms with E-state index in [1.807, 2.05) is 36.4 Å². The van der Waals surface area contributed by atoms with Crippen molar-refractivity contribution in [2.45, 2.75) is 32.6 Å². The van der Waals surface area contributed by atoms with Gasteiger partial charge >= 0.3 is 0 Å². The number of carbonyl (C=O) groups excluding carboxylic acids is 2. The Labute approximate surface area is 211 Å². The summed E-state index contributed by atoms with van der Waals surface area (Å²) in [5, 5.41) is 3.05. The van der Waals surface area contributed by atoms with Crippen molar-refractivity contribution in [1.82, 2.24) is 10.2 Å². The first-order chi connectivity index (χ1) is 17.6. The van der Waals surface area contributed by atoms with Crippen LogP contribution in [0, 0.1) is 5.92 Å². The molecule has 2 aromatic carbocycles. The number of amides is 2. The van der Waals surface area contributed by atoms with Gasteiger partial charge in [0.05, 0.1) is 27.1 Å².